The summed E-state index contributed by atoms with van der Waals surface area (Å²) < 4.78 is 0. The maximum absolute atomic E-state index is 10.0. The summed E-state index contributed by atoms with van der Waals surface area (Å²) >= 11 is 0. The van der Waals surface area contributed by atoms with Crippen LogP contribution in [0.3, 0.4) is 0 Å². The van der Waals surface area contributed by atoms with Crippen LogP contribution in [0.4, 0.5) is 0 Å². The first kappa shape index (κ1) is 13.2. The number of benzene rings is 2. The standard InChI is InChI=1S/C17H18O2/c1-3-5-12-6-8-17(19)15(10-12)14-7-9-16(18)13(4-2)11-14/h3,6-11,18-19H,1,4-5H2,2H3. The van der Waals surface area contributed by atoms with Gasteiger partial charge >= 0.3 is 0 Å². The van der Waals surface area contributed by atoms with E-state index in [9.17, 15) is 10.2 Å². The van der Waals surface area contributed by atoms with Crippen molar-refractivity contribution in [2.75, 3.05) is 0 Å². The molecule has 0 atom stereocenters. The van der Waals surface area contributed by atoms with Crippen LogP contribution >= 0.6 is 0 Å². The van der Waals surface area contributed by atoms with Gasteiger partial charge in [-0.15, -0.1) is 6.58 Å². The molecule has 0 radical (unpaired) electrons. The van der Waals surface area contributed by atoms with E-state index in [-0.39, 0.29) is 5.75 Å². The second kappa shape index (κ2) is 5.61. The smallest absolute Gasteiger partial charge is 0.123 e. The highest BCUT2D eigenvalue weighted by molar-refractivity contribution is 5.72. The van der Waals surface area contributed by atoms with Crippen LogP contribution in [0.5, 0.6) is 11.5 Å². The number of hydrogen-bond donors (Lipinski definition) is 2. The Bertz CT molecular complexity index is 600. The van der Waals surface area contributed by atoms with E-state index in [0.29, 0.717) is 5.75 Å². The maximum Gasteiger partial charge on any atom is 0.123 e. The van der Waals surface area contributed by atoms with Crippen LogP contribution in [0.15, 0.2) is 49.1 Å². The molecule has 0 unspecified atom stereocenters. The van der Waals surface area contributed by atoms with Crippen LogP contribution in [0.1, 0.15) is 18.1 Å². The summed E-state index contributed by atoms with van der Waals surface area (Å²) in [6.45, 7) is 5.72. The van der Waals surface area contributed by atoms with Crippen molar-refractivity contribution in [2.24, 2.45) is 0 Å². The van der Waals surface area contributed by atoms with Gasteiger partial charge in [-0.3, -0.25) is 0 Å². The van der Waals surface area contributed by atoms with Gasteiger partial charge in [0.15, 0.2) is 0 Å². The Kier molecular flexibility index (Phi) is 3.91. The molecule has 2 rings (SSSR count). The van der Waals surface area contributed by atoms with Crippen molar-refractivity contribution in [2.45, 2.75) is 19.8 Å². The first-order valence-electron chi connectivity index (χ1n) is 6.40. The van der Waals surface area contributed by atoms with Gasteiger partial charge in [-0.1, -0.05) is 25.1 Å². The molecule has 0 heterocycles. The molecule has 0 aliphatic heterocycles. The van der Waals surface area contributed by atoms with Crippen molar-refractivity contribution in [3.63, 3.8) is 0 Å². The number of phenolic OH excluding ortho intramolecular Hbond substituents is 2. The lowest BCUT2D eigenvalue weighted by molar-refractivity contribution is 0.468. The van der Waals surface area contributed by atoms with E-state index < -0.39 is 0 Å². The molecule has 0 aliphatic rings. The molecule has 0 spiro atoms. The van der Waals surface area contributed by atoms with Crippen molar-refractivity contribution in [1.82, 2.24) is 0 Å². The average Bonchev–Trinajstić information content (AvgIpc) is 2.42. The monoisotopic (exact) mass is 254 g/mol. The third-order valence-corrected chi connectivity index (χ3v) is 3.21. The zero-order chi connectivity index (χ0) is 13.8. The van der Waals surface area contributed by atoms with Crippen molar-refractivity contribution in [1.29, 1.82) is 0 Å². The Hall–Kier alpha value is -2.22. The van der Waals surface area contributed by atoms with Crippen LogP contribution in [-0.2, 0) is 12.8 Å². The summed E-state index contributed by atoms with van der Waals surface area (Å²) in [7, 11) is 0. The molecular formula is C17H18O2. The van der Waals surface area contributed by atoms with Crippen molar-refractivity contribution in [3.05, 3.63) is 60.2 Å². The number of rotatable bonds is 4. The molecule has 2 aromatic carbocycles. The fraction of sp³-hybridized carbons (Fsp3) is 0.176. The minimum atomic E-state index is 0.251. The summed E-state index contributed by atoms with van der Waals surface area (Å²) in [6, 6.07) is 11.0. The van der Waals surface area contributed by atoms with Crippen LogP contribution in [0.2, 0.25) is 0 Å². The van der Waals surface area contributed by atoms with Gasteiger partial charge < -0.3 is 10.2 Å². The van der Waals surface area contributed by atoms with E-state index in [1.807, 2.05) is 37.3 Å². The van der Waals surface area contributed by atoms with Crippen molar-refractivity contribution < 1.29 is 10.2 Å². The number of aryl methyl sites for hydroxylation is 1. The molecule has 0 saturated heterocycles. The Balaban J connectivity index is 2.51. The largest absolute Gasteiger partial charge is 0.508 e. The minimum Gasteiger partial charge on any atom is -0.508 e. The highest BCUT2D eigenvalue weighted by atomic mass is 16.3. The lowest BCUT2D eigenvalue weighted by Crippen LogP contribution is -1.87. The van der Waals surface area contributed by atoms with Crippen LogP contribution in [0, 0.1) is 0 Å². The van der Waals surface area contributed by atoms with Gasteiger partial charge in [0.05, 0.1) is 0 Å². The topological polar surface area (TPSA) is 40.5 Å². The number of allylic oxidation sites excluding steroid dienone is 1. The molecule has 0 amide bonds. The quantitative estimate of drug-likeness (QED) is 0.808. The third kappa shape index (κ3) is 2.79. The van der Waals surface area contributed by atoms with Gasteiger partial charge in [0, 0.05) is 5.56 Å². The van der Waals surface area contributed by atoms with Crippen LogP contribution < -0.4 is 0 Å². The molecular weight excluding hydrogens is 236 g/mol. The molecule has 19 heavy (non-hydrogen) atoms. The summed E-state index contributed by atoms with van der Waals surface area (Å²) in [6.07, 6.45) is 3.36. The fourth-order valence-corrected chi connectivity index (χ4v) is 2.14. The molecule has 0 fully saturated rings. The first-order chi connectivity index (χ1) is 9.15. The maximum atomic E-state index is 10.0. The lowest BCUT2D eigenvalue weighted by atomic mass is 9.98. The summed E-state index contributed by atoms with van der Waals surface area (Å²) in [5.41, 5.74) is 3.69. The number of phenols is 2. The molecule has 2 nitrogen and oxygen atoms in total. The predicted octanol–water partition coefficient (Wildman–Crippen LogP) is 4.06. The van der Waals surface area contributed by atoms with Gasteiger partial charge in [0.25, 0.3) is 0 Å². The lowest BCUT2D eigenvalue weighted by Gasteiger charge is -2.10. The van der Waals surface area contributed by atoms with Gasteiger partial charge in [-0.25, -0.2) is 0 Å². The normalized spacial score (nSPS) is 10.4. The first-order valence-corrected chi connectivity index (χ1v) is 6.40. The van der Waals surface area contributed by atoms with E-state index >= 15 is 0 Å². The predicted molar refractivity (Wildman–Crippen MR) is 78.5 cm³/mol. The fourth-order valence-electron chi connectivity index (χ4n) is 2.14. The Morgan fingerprint density at radius 3 is 2.47 bits per heavy atom. The van der Waals surface area contributed by atoms with Crippen LogP contribution in [-0.4, -0.2) is 10.2 Å². The van der Waals surface area contributed by atoms with E-state index in [1.54, 1.807) is 12.1 Å². The Labute approximate surface area is 113 Å². The third-order valence-electron chi connectivity index (χ3n) is 3.21. The molecule has 2 N–H and O–H groups in total. The zero-order valence-corrected chi connectivity index (χ0v) is 11.1. The average molecular weight is 254 g/mol. The zero-order valence-electron chi connectivity index (χ0n) is 11.1. The molecule has 0 saturated carbocycles. The van der Waals surface area contributed by atoms with Crippen LogP contribution in [0.25, 0.3) is 11.1 Å². The molecule has 98 valence electrons. The summed E-state index contributed by atoms with van der Waals surface area (Å²) in [5.74, 6) is 0.550. The van der Waals surface area contributed by atoms with Gasteiger partial charge in [-0.2, -0.15) is 0 Å². The SMILES string of the molecule is C=CCc1ccc(O)c(-c2ccc(O)c(CC)c2)c1. The molecule has 0 aromatic heterocycles. The van der Waals surface area contributed by atoms with E-state index in [0.717, 1.165) is 35.1 Å². The highest BCUT2D eigenvalue weighted by Crippen LogP contribution is 2.33. The second-order valence-electron chi connectivity index (χ2n) is 4.54. The Morgan fingerprint density at radius 2 is 1.79 bits per heavy atom. The molecule has 0 aliphatic carbocycles. The van der Waals surface area contributed by atoms with E-state index in [4.69, 9.17) is 0 Å². The molecule has 2 aromatic rings. The van der Waals surface area contributed by atoms with E-state index in [2.05, 4.69) is 6.58 Å². The highest BCUT2D eigenvalue weighted by Gasteiger charge is 2.08. The molecule has 0 bridgehead atoms. The Morgan fingerprint density at radius 1 is 1.05 bits per heavy atom. The molecule has 2 heteroatoms. The van der Waals surface area contributed by atoms with Gasteiger partial charge in [0.1, 0.15) is 11.5 Å². The number of hydrogen-bond acceptors (Lipinski definition) is 2. The summed E-state index contributed by atoms with van der Waals surface area (Å²) in [5, 5.41) is 19.7. The van der Waals surface area contributed by atoms with Gasteiger partial charge in [0.2, 0.25) is 0 Å². The van der Waals surface area contributed by atoms with Gasteiger partial charge in [-0.05, 0) is 53.8 Å². The van der Waals surface area contributed by atoms with Crippen molar-refractivity contribution in [3.8, 4) is 22.6 Å². The number of aromatic hydroxyl groups is 2. The second-order valence-corrected chi connectivity index (χ2v) is 4.54. The minimum absolute atomic E-state index is 0.251. The summed E-state index contributed by atoms with van der Waals surface area (Å²) in [4.78, 5) is 0. The van der Waals surface area contributed by atoms with Crippen molar-refractivity contribution >= 4 is 0 Å². The van der Waals surface area contributed by atoms with E-state index in [1.165, 1.54) is 0 Å².